The third-order valence-corrected chi connectivity index (χ3v) is 4.12. The molecular formula is C19H16N2O3. The summed E-state index contributed by atoms with van der Waals surface area (Å²) in [6.07, 6.45) is 7.27. The molecule has 0 fully saturated rings. The highest BCUT2D eigenvalue weighted by atomic mass is 16.3. The van der Waals surface area contributed by atoms with Crippen molar-refractivity contribution in [2.45, 2.75) is 12.8 Å². The van der Waals surface area contributed by atoms with Gasteiger partial charge in [0, 0.05) is 23.2 Å². The lowest BCUT2D eigenvalue weighted by Gasteiger charge is -2.02. The van der Waals surface area contributed by atoms with E-state index >= 15 is 0 Å². The van der Waals surface area contributed by atoms with Crippen LogP contribution in [0.15, 0.2) is 52.6 Å². The Morgan fingerprint density at radius 2 is 2.08 bits per heavy atom. The third-order valence-electron chi connectivity index (χ3n) is 4.12. The summed E-state index contributed by atoms with van der Waals surface area (Å²) in [7, 11) is 0. The van der Waals surface area contributed by atoms with Gasteiger partial charge < -0.3 is 20.2 Å². The van der Waals surface area contributed by atoms with Crippen LogP contribution in [0.3, 0.4) is 0 Å². The number of benzene rings is 1. The number of carbonyl (C=O) groups excluding carboxylic acids is 1. The van der Waals surface area contributed by atoms with Crippen molar-refractivity contribution in [2.24, 2.45) is 5.73 Å². The molecule has 4 rings (SSSR count). The van der Waals surface area contributed by atoms with Gasteiger partial charge in [0.1, 0.15) is 11.3 Å². The van der Waals surface area contributed by atoms with Crippen molar-refractivity contribution in [2.75, 3.05) is 0 Å². The monoisotopic (exact) mass is 320 g/mol. The number of carbonyl (C=O) groups is 1. The minimum absolute atomic E-state index is 0.139. The molecule has 0 unspecified atom stereocenters. The number of aromatic amines is 1. The first-order chi connectivity index (χ1) is 11.6. The molecule has 0 amide bonds. The van der Waals surface area contributed by atoms with Crippen molar-refractivity contribution >= 4 is 22.8 Å². The molecule has 0 radical (unpaired) electrons. The van der Waals surface area contributed by atoms with E-state index in [9.17, 15) is 9.90 Å². The number of rotatable bonds is 2. The fourth-order valence-corrected chi connectivity index (χ4v) is 2.87. The van der Waals surface area contributed by atoms with E-state index in [1.165, 1.54) is 6.07 Å². The van der Waals surface area contributed by atoms with Crippen LogP contribution < -0.4 is 5.73 Å². The Hall–Kier alpha value is -3.21. The first-order valence-corrected chi connectivity index (χ1v) is 7.70. The minimum atomic E-state index is -0.220. The molecule has 0 spiro atoms. The van der Waals surface area contributed by atoms with E-state index in [1.807, 2.05) is 24.3 Å². The van der Waals surface area contributed by atoms with Crippen LogP contribution in [0.25, 0.3) is 17.0 Å². The number of hydrogen-bond acceptors (Lipinski definition) is 4. The molecule has 2 aromatic heterocycles. The molecule has 4 N–H and O–H groups in total. The lowest BCUT2D eigenvalue weighted by Crippen LogP contribution is -1.99. The van der Waals surface area contributed by atoms with Crippen molar-refractivity contribution in [3.63, 3.8) is 0 Å². The maximum atomic E-state index is 12.7. The van der Waals surface area contributed by atoms with E-state index < -0.39 is 0 Å². The number of aromatic hydroxyl groups is 1. The van der Waals surface area contributed by atoms with Gasteiger partial charge in [-0.2, -0.15) is 0 Å². The van der Waals surface area contributed by atoms with Crippen LogP contribution in [0.4, 0.5) is 0 Å². The lowest BCUT2D eigenvalue weighted by molar-refractivity contribution is 0.101. The maximum absolute atomic E-state index is 12.7. The van der Waals surface area contributed by atoms with Crippen LogP contribution in [0.1, 0.15) is 33.9 Å². The molecule has 120 valence electrons. The van der Waals surface area contributed by atoms with Crippen LogP contribution in [0.2, 0.25) is 0 Å². The molecule has 24 heavy (non-hydrogen) atoms. The van der Waals surface area contributed by atoms with Gasteiger partial charge in [0.15, 0.2) is 5.76 Å². The summed E-state index contributed by atoms with van der Waals surface area (Å²) in [4.78, 5) is 15.9. The number of ketones is 1. The van der Waals surface area contributed by atoms with Gasteiger partial charge >= 0.3 is 0 Å². The summed E-state index contributed by atoms with van der Waals surface area (Å²) >= 11 is 0. The molecule has 0 atom stereocenters. The number of phenols is 1. The van der Waals surface area contributed by atoms with E-state index in [0.717, 1.165) is 17.0 Å². The number of nitrogens with two attached hydrogens (primary N) is 1. The van der Waals surface area contributed by atoms with Crippen LogP contribution in [-0.4, -0.2) is 15.9 Å². The van der Waals surface area contributed by atoms with Crippen molar-refractivity contribution in [3.05, 3.63) is 70.9 Å². The number of aromatic nitrogens is 1. The van der Waals surface area contributed by atoms with Crippen LogP contribution in [0, 0.1) is 0 Å². The average Bonchev–Trinajstić information content (AvgIpc) is 3.14. The lowest BCUT2D eigenvalue weighted by atomic mass is 10.1. The quantitative estimate of drug-likeness (QED) is 0.630. The second-order valence-corrected chi connectivity index (χ2v) is 5.87. The number of furan rings is 1. The first kappa shape index (κ1) is 14.4. The molecule has 0 saturated heterocycles. The zero-order valence-corrected chi connectivity index (χ0v) is 12.9. The number of nitrogens with one attached hydrogen (secondary N) is 1. The summed E-state index contributed by atoms with van der Waals surface area (Å²) in [6.45, 7) is 0. The average molecular weight is 320 g/mol. The normalized spacial score (nSPS) is 17.6. The molecule has 0 bridgehead atoms. The van der Waals surface area contributed by atoms with E-state index in [4.69, 9.17) is 10.2 Å². The second-order valence-electron chi connectivity index (χ2n) is 5.87. The smallest absolute Gasteiger partial charge is 0.244 e. The Morgan fingerprint density at radius 3 is 2.96 bits per heavy atom. The van der Waals surface area contributed by atoms with E-state index in [-0.39, 0.29) is 17.3 Å². The van der Waals surface area contributed by atoms with Crippen LogP contribution >= 0.6 is 0 Å². The predicted octanol–water partition coefficient (Wildman–Crippen LogP) is 3.50. The SMILES string of the molecule is N/C1=C/Cc2cc(C(=O)c3cc4cc(O)ccc4o3)[nH]c2/C=C\C1. The number of phenolic OH excluding ortho intramolecular Hbond substituents is 1. The highest BCUT2D eigenvalue weighted by Crippen LogP contribution is 2.26. The molecule has 1 aliphatic carbocycles. The molecule has 5 heteroatoms. The third kappa shape index (κ3) is 2.50. The largest absolute Gasteiger partial charge is 0.508 e. The molecule has 5 nitrogen and oxygen atoms in total. The van der Waals surface area contributed by atoms with Gasteiger partial charge in [-0.05, 0) is 48.4 Å². The fourth-order valence-electron chi connectivity index (χ4n) is 2.87. The number of hydrogen-bond donors (Lipinski definition) is 3. The molecule has 0 aliphatic heterocycles. The predicted molar refractivity (Wildman–Crippen MR) is 91.7 cm³/mol. The fraction of sp³-hybridized carbons (Fsp3) is 0.105. The second kappa shape index (κ2) is 5.45. The molecule has 2 heterocycles. The summed E-state index contributed by atoms with van der Waals surface area (Å²) in [5, 5.41) is 10.2. The summed E-state index contributed by atoms with van der Waals surface area (Å²) in [5.74, 6) is 0.159. The highest BCUT2D eigenvalue weighted by molar-refractivity contribution is 6.08. The zero-order chi connectivity index (χ0) is 16.7. The molecule has 0 saturated carbocycles. The van der Waals surface area contributed by atoms with Crippen molar-refractivity contribution in [1.29, 1.82) is 0 Å². The van der Waals surface area contributed by atoms with Gasteiger partial charge in [0.05, 0.1) is 5.69 Å². The summed E-state index contributed by atoms with van der Waals surface area (Å²) in [6, 6.07) is 8.22. The topological polar surface area (TPSA) is 92.2 Å². The highest BCUT2D eigenvalue weighted by Gasteiger charge is 2.18. The number of allylic oxidation sites excluding steroid dienone is 2. The molecular weight excluding hydrogens is 304 g/mol. The summed E-state index contributed by atoms with van der Waals surface area (Å²) in [5.41, 5.74) is 9.67. The number of H-pyrrole nitrogens is 1. The molecule has 1 aromatic carbocycles. The Kier molecular flexibility index (Phi) is 3.27. The van der Waals surface area contributed by atoms with Gasteiger partial charge in [0.25, 0.3) is 0 Å². The maximum Gasteiger partial charge on any atom is 0.244 e. The van der Waals surface area contributed by atoms with Crippen molar-refractivity contribution in [1.82, 2.24) is 4.98 Å². The van der Waals surface area contributed by atoms with Crippen molar-refractivity contribution in [3.8, 4) is 5.75 Å². The van der Waals surface area contributed by atoms with Crippen LogP contribution in [-0.2, 0) is 6.42 Å². The van der Waals surface area contributed by atoms with Gasteiger partial charge in [0.2, 0.25) is 5.78 Å². The molecule has 3 aromatic rings. The van der Waals surface area contributed by atoms with E-state index in [0.29, 0.717) is 29.5 Å². The summed E-state index contributed by atoms with van der Waals surface area (Å²) < 4.78 is 5.61. The van der Waals surface area contributed by atoms with Gasteiger partial charge in [-0.25, -0.2) is 0 Å². The first-order valence-electron chi connectivity index (χ1n) is 7.70. The van der Waals surface area contributed by atoms with Gasteiger partial charge in [-0.3, -0.25) is 4.79 Å². The zero-order valence-electron chi connectivity index (χ0n) is 12.9. The Morgan fingerprint density at radius 1 is 1.21 bits per heavy atom. The Labute approximate surface area is 138 Å². The standard InChI is InChI=1S/C19H16N2O3/c20-13-2-1-3-15-11(4-5-13)9-16(21-15)19(23)18-10-12-8-14(22)6-7-17(12)24-18/h1,3,5-10,21-22H,2,4,20H2/b3-1-,13-5+. The molecule has 1 aliphatic rings. The Bertz CT molecular complexity index is 1000. The van der Waals surface area contributed by atoms with E-state index in [1.54, 1.807) is 18.2 Å². The van der Waals surface area contributed by atoms with Gasteiger partial charge in [-0.1, -0.05) is 12.2 Å². The Balaban J connectivity index is 1.71. The minimum Gasteiger partial charge on any atom is -0.508 e. The number of fused-ring (bicyclic) bond motifs is 2. The van der Waals surface area contributed by atoms with Crippen LogP contribution in [0.5, 0.6) is 5.75 Å². The van der Waals surface area contributed by atoms with Crippen molar-refractivity contribution < 1.29 is 14.3 Å². The van der Waals surface area contributed by atoms with E-state index in [2.05, 4.69) is 4.98 Å². The van der Waals surface area contributed by atoms with Gasteiger partial charge in [-0.15, -0.1) is 0 Å².